The highest BCUT2D eigenvalue weighted by atomic mass is 35.5. The molecule has 0 unspecified atom stereocenters. The van der Waals surface area contributed by atoms with Crippen molar-refractivity contribution in [1.29, 1.82) is 0 Å². The van der Waals surface area contributed by atoms with Crippen molar-refractivity contribution in [2.24, 2.45) is 5.73 Å². The minimum Gasteiger partial charge on any atom is -0.338 e. The van der Waals surface area contributed by atoms with Gasteiger partial charge in [0, 0.05) is 29.7 Å². The Balaban J connectivity index is 1.44. The number of carbonyl (C=O) groups is 1. The molecule has 4 rings (SSSR count). The van der Waals surface area contributed by atoms with Gasteiger partial charge in [-0.3, -0.25) is 4.79 Å². The third kappa shape index (κ3) is 3.34. The molecule has 0 spiro atoms. The molecular formula is C19H19ClN2OS2. The number of benzene rings is 1. The fourth-order valence-corrected chi connectivity index (χ4v) is 5.95. The van der Waals surface area contributed by atoms with Crippen LogP contribution < -0.4 is 5.73 Å². The number of amides is 1. The van der Waals surface area contributed by atoms with Gasteiger partial charge in [-0.25, -0.2) is 0 Å². The lowest BCUT2D eigenvalue weighted by atomic mass is 9.88. The van der Waals surface area contributed by atoms with E-state index in [1.54, 1.807) is 11.3 Å². The van der Waals surface area contributed by atoms with Crippen LogP contribution in [0.1, 0.15) is 39.6 Å². The van der Waals surface area contributed by atoms with Gasteiger partial charge >= 0.3 is 0 Å². The summed E-state index contributed by atoms with van der Waals surface area (Å²) < 4.78 is 2.13. The van der Waals surface area contributed by atoms with Crippen molar-refractivity contribution in [3.05, 3.63) is 56.7 Å². The molecule has 0 atom stereocenters. The van der Waals surface area contributed by atoms with Crippen LogP contribution in [0.25, 0.3) is 9.40 Å². The van der Waals surface area contributed by atoms with Gasteiger partial charge < -0.3 is 10.6 Å². The second-order valence-corrected chi connectivity index (χ2v) is 8.77. The predicted octanol–water partition coefficient (Wildman–Crippen LogP) is 5.09. The van der Waals surface area contributed by atoms with E-state index in [1.165, 1.54) is 22.5 Å². The number of rotatable bonds is 3. The average Bonchev–Trinajstić information content (AvgIpc) is 3.23. The van der Waals surface area contributed by atoms with Crippen LogP contribution in [0.5, 0.6) is 0 Å². The van der Waals surface area contributed by atoms with E-state index in [0.29, 0.717) is 12.5 Å². The van der Waals surface area contributed by atoms with Gasteiger partial charge in [-0.2, -0.15) is 0 Å². The molecule has 3 nitrogen and oxygen atoms in total. The average molecular weight is 391 g/mol. The third-order valence-corrected chi connectivity index (χ3v) is 7.61. The Morgan fingerprint density at radius 1 is 1.28 bits per heavy atom. The molecule has 1 amide bonds. The van der Waals surface area contributed by atoms with E-state index in [0.717, 1.165) is 45.2 Å². The zero-order valence-electron chi connectivity index (χ0n) is 13.7. The molecule has 0 bridgehead atoms. The molecule has 2 aromatic heterocycles. The predicted molar refractivity (Wildman–Crippen MR) is 107 cm³/mol. The number of hydrogen-bond donors (Lipinski definition) is 1. The highest BCUT2D eigenvalue weighted by Gasteiger charge is 2.26. The number of carbonyl (C=O) groups excluding carboxylic acids is 1. The quantitative estimate of drug-likeness (QED) is 0.676. The lowest BCUT2D eigenvalue weighted by molar-refractivity contribution is 0.0718. The molecule has 1 fully saturated rings. The van der Waals surface area contributed by atoms with Crippen LogP contribution in [0, 0.1) is 0 Å². The molecule has 130 valence electrons. The second kappa shape index (κ2) is 7.08. The van der Waals surface area contributed by atoms with Crippen LogP contribution in [0.15, 0.2) is 35.7 Å². The maximum atomic E-state index is 12.8. The summed E-state index contributed by atoms with van der Waals surface area (Å²) in [6.45, 7) is 2.18. The Hall–Kier alpha value is -1.40. The molecule has 6 heteroatoms. The van der Waals surface area contributed by atoms with Crippen LogP contribution >= 0.6 is 34.3 Å². The van der Waals surface area contributed by atoms with Crippen molar-refractivity contribution in [3.63, 3.8) is 0 Å². The van der Waals surface area contributed by atoms with Crippen molar-refractivity contribution in [2.75, 3.05) is 13.1 Å². The van der Waals surface area contributed by atoms with Crippen molar-refractivity contribution < 1.29 is 4.79 Å². The smallest absolute Gasteiger partial charge is 0.263 e. The number of fused-ring (bicyclic) bond motifs is 1. The number of likely N-dealkylation sites (tertiary alicyclic amines) is 1. The van der Waals surface area contributed by atoms with Gasteiger partial charge in [0.15, 0.2) is 0 Å². The number of nitrogens with zero attached hydrogens (tertiary/aromatic N) is 1. The zero-order valence-corrected chi connectivity index (χ0v) is 16.1. The van der Waals surface area contributed by atoms with Crippen LogP contribution in [-0.2, 0) is 6.54 Å². The summed E-state index contributed by atoms with van der Waals surface area (Å²) >= 11 is 9.28. The summed E-state index contributed by atoms with van der Waals surface area (Å²) in [4.78, 5) is 15.6. The largest absolute Gasteiger partial charge is 0.338 e. The molecule has 1 aliphatic heterocycles. The Labute approximate surface area is 160 Å². The topological polar surface area (TPSA) is 46.3 Å². The summed E-state index contributed by atoms with van der Waals surface area (Å²) in [7, 11) is 0. The number of thiophene rings is 2. The Bertz CT molecular complexity index is 909. The van der Waals surface area contributed by atoms with Gasteiger partial charge in [-0.1, -0.05) is 35.9 Å². The van der Waals surface area contributed by atoms with E-state index in [9.17, 15) is 4.79 Å². The van der Waals surface area contributed by atoms with Crippen LogP contribution in [0.3, 0.4) is 0 Å². The van der Waals surface area contributed by atoms with Gasteiger partial charge in [-0.05, 0) is 36.0 Å². The van der Waals surface area contributed by atoms with E-state index in [1.807, 2.05) is 16.3 Å². The van der Waals surface area contributed by atoms with Crippen molar-refractivity contribution in [3.8, 4) is 0 Å². The van der Waals surface area contributed by atoms with Crippen molar-refractivity contribution in [2.45, 2.75) is 25.3 Å². The monoisotopic (exact) mass is 390 g/mol. The third-order valence-electron chi connectivity index (χ3n) is 4.86. The van der Waals surface area contributed by atoms with E-state index in [-0.39, 0.29) is 5.91 Å². The van der Waals surface area contributed by atoms with Crippen LogP contribution in [-0.4, -0.2) is 23.9 Å². The van der Waals surface area contributed by atoms with E-state index < -0.39 is 0 Å². The first-order chi connectivity index (χ1) is 12.2. The molecule has 0 aliphatic carbocycles. The molecule has 1 aromatic carbocycles. The maximum absolute atomic E-state index is 12.8. The fourth-order valence-electron chi connectivity index (χ4n) is 3.45. The number of nitrogens with two attached hydrogens (primary N) is 1. The molecule has 25 heavy (non-hydrogen) atoms. The van der Waals surface area contributed by atoms with Crippen molar-refractivity contribution in [1.82, 2.24) is 4.90 Å². The Kier molecular flexibility index (Phi) is 4.82. The number of halogens is 1. The summed E-state index contributed by atoms with van der Waals surface area (Å²) in [5.74, 6) is 0.649. The van der Waals surface area contributed by atoms with Crippen LogP contribution in [0.2, 0.25) is 5.02 Å². The first-order valence-electron chi connectivity index (χ1n) is 8.40. The van der Waals surface area contributed by atoms with E-state index in [2.05, 4.69) is 24.3 Å². The summed E-state index contributed by atoms with van der Waals surface area (Å²) in [6, 6.07) is 10.5. The number of hydrogen-bond acceptors (Lipinski definition) is 4. The zero-order chi connectivity index (χ0) is 17.4. The SMILES string of the molecule is NCc1cccc(C2CCN(C(=O)c3cc4scc(Cl)c4s3)CC2)c1. The van der Waals surface area contributed by atoms with Gasteiger partial charge in [0.05, 0.1) is 14.6 Å². The Morgan fingerprint density at radius 3 is 2.80 bits per heavy atom. The number of piperidine rings is 1. The van der Waals surface area contributed by atoms with E-state index >= 15 is 0 Å². The molecule has 3 heterocycles. The molecule has 1 aliphatic rings. The highest BCUT2D eigenvalue weighted by Crippen LogP contribution is 2.38. The summed E-state index contributed by atoms with van der Waals surface area (Å²) in [5.41, 5.74) is 8.27. The van der Waals surface area contributed by atoms with E-state index in [4.69, 9.17) is 17.3 Å². The standard InChI is InChI=1S/C19H19ClN2OS2/c20-15-11-24-16-9-17(25-18(15)16)19(23)22-6-4-13(5-7-22)14-3-1-2-12(8-14)10-21/h1-3,8-9,11,13H,4-7,10,21H2. The van der Waals surface area contributed by atoms with Crippen molar-refractivity contribution >= 4 is 49.6 Å². The minimum absolute atomic E-state index is 0.138. The van der Waals surface area contributed by atoms with Gasteiger partial charge in [0.1, 0.15) is 0 Å². The first kappa shape index (κ1) is 17.0. The summed E-state index contributed by atoms with van der Waals surface area (Å²) in [6.07, 6.45) is 2.00. The van der Waals surface area contributed by atoms with Gasteiger partial charge in [0.25, 0.3) is 5.91 Å². The molecule has 0 saturated carbocycles. The van der Waals surface area contributed by atoms with Gasteiger partial charge in [0.2, 0.25) is 0 Å². The molecule has 3 aromatic rings. The first-order valence-corrected chi connectivity index (χ1v) is 10.5. The highest BCUT2D eigenvalue weighted by molar-refractivity contribution is 7.28. The second-order valence-electron chi connectivity index (χ2n) is 6.40. The van der Waals surface area contributed by atoms with Gasteiger partial charge in [-0.15, -0.1) is 22.7 Å². The lowest BCUT2D eigenvalue weighted by Crippen LogP contribution is -2.37. The molecular weight excluding hydrogens is 372 g/mol. The Morgan fingerprint density at radius 2 is 2.08 bits per heavy atom. The van der Waals surface area contributed by atoms with Crippen LogP contribution in [0.4, 0.5) is 0 Å². The lowest BCUT2D eigenvalue weighted by Gasteiger charge is -2.32. The summed E-state index contributed by atoms with van der Waals surface area (Å²) in [5, 5.41) is 2.68. The normalized spacial score (nSPS) is 15.8. The maximum Gasteiger partial charge on any atom is 0.263 e. The minimum atomic E-state index is 0.138. The fraction of sp³-hybridized carbons (Fsp3) is 0.316. The molecule has 2 N–H and O–H groups in total. The molecule has 0 radical (unpaired) electrons. The molecule has 1 saturated heterocycles.